The number of benzene rings is 1. The highest BCUT2D eigenvalue weighted by Gasteiger charge is 2.21. The number of nitrogens with one attached hydrogen (secondary N) is 1. The molecule has 94 valence electrons. The van der Waals surface area contributed by atoms with E-state index in [1.54, 1.807) is 26.1 Å². The Bertz CT molecular complexity index is 578. The lowest BCUT2D eigenvalue weighted by atomic mass is 10.1. The summed E-state index contributed by atoms with van der Waals surface area (Å²) in [5, 5.41) is 13.9. The van der Waals surface area contributed by atoms with Crippen LogP contribution >= 0.6 is 0 Å². The van der Waals surface area contributed by atoms with Crippen molar-refractivity contribution in [2.75, 3.05) is 7.05 Å². The van der Waals surface area contributed by atoms with Gasteiger partial charge in [-0.25, -0.2) is 4.98 Å². The third kappa shape index (κ3) is 2.23. The first kappa shape index (κ1) is 12.3. The number of oxazole rings is 1. The number of aromatic nitrogens is 1. The second kappa shape index (κ2) is 4.97. The molecule has 0 spiro atoms. The number of rotatable bonds is 4. The lowest BCUT2D eigenvalue weighted by molar-refractivity contribution is -0.384. The summed E-state index contributed by atoms with van der Waals surface area (Å²) < 4.78 is 5.32. The minimum absolute atomic E-state index is 0.00728. The molecule has 0 saturated heterocycles. The largest absolute Gasteiger partial charge is 0.444 e. The van der Waals surface area contributed by atoms with Gasteiger partial charge in [0.2, 0.25) is 5.89 Å². The zero-order chi connectivity index (χ0) is 13.1. The van der Waals surface area contributed by atoms with E-state index in [4.69, 9.17) is 4.42 Å². The van der Waals surface area contributed by atoms with E-state index < -0.39 is 4.92 Å². The van der Waals surface area contributed by atoms with Crippen molar-refractivity contribution in [1.82, 2.24) is 10.3 Å². The Labute approximate surface area is 104 Å². The Kier molecular flexibility index (Phi) is 3.38. The molecule has 0 radical (unpaired) electrons. The summed E-state index contributed by atoms with van der Waals surface area (Å²) in [6, 6.07) is 4.89. The van der Waals surface area contributed by atoms with Crippen molar-refractivity contribution in [3.8, 4) is 11.5 Å². The molecule has 0 amide bonds. The normalized spacial score (nSPS) is 10.6. The van der Waals surface area contributed by atoms with Gasteiger partial charge in [0.1, 0.15) is 11.8 Å². The minimum atomic E-state index is -0.426. The third-order valence-corrected chi connectivity index (χ3v) is 2.57. The van der Waals surface area contributed by atoms with Crippen molar-refractivity contribution in [1.29, 1.82) is 0 Å². The molecule has 1 N–H and O–H groups in total. The Balaban J connectivity index is 2.51. The molecule has 0 aliphatic carbocycles. The summed E-state index contributed by atoms with van der Waals surface area (Å²) in [6.07, 6.45) is 1.50. The van der Waals surface area contributed by atoms with E-state index in [0.717, 1.165) is 5.56 Å². The van der Waals surface area contributed by atoms with E-state index in [0.29, 0.717) is 17.8 Å². The molecule has 0 saturated carbocycles. The minimum Gasteiger partial charge on any atom is -0.444 e. The predicted molar refractivity (Wildman–Crippen MR) is 66.1 cm³/mol. The first-order valence-electron chi connectivity index (χ1n) is 5.47. The molecule has 18 heavy (non-hydrogen) atoms. The van der Waals surface area contributed by atoms with Gasteiger partial charge in [-0.05, 0) is 19.5 Å². The molecule has 0 fully saturated rings. The second-order valence-electron chi connectivity index (χ2n) is 3.90. The standard InChI is InChI=1S/C12H13N3O3/c1-8-4-3-5-10(15(16)17)11(8)12-14-9(6-13-2)7-18-12/h3-5,7,13H,6H2,1-2H3. The lowest BCUT2D eigenvalue weighted by Gasteiger charge is -2.02. The van der Waals surface area contributed by atoms with Crippen LogP contribution in [0.4, 0.5) is 5.69 Å². The van der Waals surface area contributed by atoms with Crippen LogP contribution in [-0.4, -0.2) is 17.0 Å². The van der Waals surface area contributed by atoms with Gasteiger partial charge in [-0.1, -0.05) is 12.1 Å². The van der Waals surface area contributed by atoms with Crippen LogP contribution < -0.4 is 5.32 Å². The van der Waals surface area contributed by atoms with Crippen molar-refractivity contribution < 1.29 is 9.34 Å². The Morgan fingerprint density at radius 1 is 1.50 bits per heavy atom. The average molecular weight is 247 g/mol. The summed E-state index contributed by atoms with van der Waals surface area (Å²) in [7, 11) is 1.80. The zero-order valence-electron chi connectivity index (χ0n) is 10.1. The van der Waals surface area contributed by atoms with Crippen molar-refractivity contribution in [2.45, 2.75) is 13.5 Å². The number of hydrogen-bond donors (Lipinski definition) is 1. The molecule has 0 aliphatic rings. The van der Waals surface area contributed by atoms with Crippen LogP contribution in [0.3, 0.4) is 0 Å². The van der Waals surface area contributed by atoms with Crippen LogP contribution in [0.1, 0.15) is 11.3 Å². The van der Waals surface area contributed by atoms with Crippen molar-refractivity contribution in [3.05, 3.63) is 45.8 Å². The highest BCUT2D eigenvalue weighted by atomic mass is 16.6. The number of nitrogens with zero attached hydrogens (tertiary/aromatic N) is 2. The van der Waals surface area contributed by atoms with Gasteiger partial charge < -0.3 is 9.73 Å². The van der Waals surface area contributed by atoms with Gasteiger partial charge in [-0.2, -0.15) is 0 Å². The molecule has 6 heteroatoms. The van der Waals surface area contributed by atoms with Crippen LogP contribution in [0.2, 0.25) is 0 Å². The fraction of sp³-hybridized carbons (Fsp3) is 0.250. The maximum Gasteiger partial charge on any atom is 0.282 e. The quantitative estimate of drug-likeness (QED) is 0.662. The van der Waals surface area contributed by atoms with Crippen molar-refractivity contribution >= 4 is 5.69 Å². The third-order valence-electron chi connectivity index (χ3n) is 2.57. The summed E-state index contributed by atoms with van der Waals surface area (Å²) in [5.41, 5.74) is 1.92. The first-order valence-corrected chi connectivity index (χ1v) is 5.47. The van der Waals surface area contributed by atoms with Crippen LogP contribution in [0, 0.1) is 17.0 Å². The van der Waals surface area contributed by atoms with Crippen molar-refractivity contribution in [3.63, 3.8) is 0 Å². The van der Waals surface area contributed by atoms with E-state index in [-0.39, 0.29) is 11.6 Å². The lowest BCUT2D eigenvalue weighted by Crippen LogP contribution is -2.05. The molecule has 1 aromatic heterocycles. The molecule has 0 atom stereocenters. The van der Waals surface area contributed by atoms with Crippen molar-refractivity contribution in [2.24, 2.45) is 0 Å². The summed E-state index contributed by atoms with van der Waals surface area (Å²) in [4.78, 5) is 14.8. The molecular weight excluding hydrogens is 234 g/mol. The number of aryl methyl sites for hydroxylation is 1. The predicted octanol–water partition coefficient (Wildman–Crippen LogP) is 2.28. The topological polar surface area (TPSA) is 81.2 Å². The summed E-state index contributed by atoms with van der Waals surface area (Å²) in [5.74, 6) is 0.282. The molecule has 0 unspecified atom stereocenters. The van der Waals surface area contributed by atoms with Gasteiger partial charge in [0.05, 0.1) is 10.6 Å². The fourth-order valence-corrected chi connectivity index (χ4v) is 1.77. The molecule has 1 heterocycles. The van der Waals surface area contributed by atoms with E-state index in [9.17, 15) is 10.1 Å². The first-order chi connectivity index (χ1) is 8.63. The van der Waals surface area contributed by atoms with Gasteiger partial charge >= 0.3 is 0 Å². The molecule has 0 aliphatic heterocycles. The Morgan fingerprint density at radius 3 is 2.94 bits per heavy atom. The van der Waals surface area contributed by atoms with E-state index in [1.807, 2.05) is 0 Å². The second-order valence-corrected chi connectivity index (χ2v) is 3.90. The molecule has 2 rings (SSSR count). The molecular formula is C12H13N3O3. The van der Waals surface area contributed by atoms with E-state index in [1.165, 1.54) is 12.3 Å². The van der Waals surface area contributed by atoms with Gasteiger partial charge in [0, 0.05) is 12.6 Å². The average Bonchev–Trinajstić information content (AvgIpc) is 2.77. The van der Waals surface area contributed by atoms with Crippen LogP contribution in [0.25, 0.3) is 11.5 Å². The van der Waals surface area contributed by atoms with Gasteiger partial charge in [0.25, 0.3) is 5.69 Å². The molecule has 2 aromatic rings. The summed E-state index contributed by atoms with van der Waals surface area (Å²) in [6.45, 7) is 2.35. The Hall–Kier alpha value is -2.21. The van der Waals surface area contributed by atoms with Crippen LogP contribution in [0.15, 0.2) is 28.9 Å². The van der Waals surface area contributed by atoms with E-state index >= 15 is 0 Å². The highest BCUT2D eigenvalue weighted by molar-refractivity contribution is 5.70. The van der Waals surface area contributed by atoms with E-state index in [2.05, 4.69) is 10.3 Å². The molecule has 1 aromatic carbocycles. The zero-order valence-corrected chi connectivity index (χ0v) is 10.1. The van der Waals surface area contributed by atoms with Gasteiger partial charge in [-0.3, -0.25) is 10.1 Å². The van der Waals surface area contributed by atoms with Gasteiger partial charge in [0.15, 0.2) is 0 Å². The fourth-order valence-electron chi connectivity index (χ4n) is 1.77. The van der Waals surface area contributed by atoms with Crippen LogP contribution in [0.5, 0.6) is 0 Å². The molecule has 6 nitrogen and oxygen atoms in total. The maximum absolute atomic E-state index is 11.0. The molecule has 0 bridgehead atoms. The monoisotopic (exact) mass is 247 g/mol. The maximum atomic E-state index is 11.0. The van der Waals surface area contributed by atoms with Crippen LogP contribution in [-0.2, 0) is 6.54 Å². The SMILES string of the molecule is CNCc1coc(-c2c(C)cccc2[N+](=O)[O-])n1. The number of hydrogen-bond acceptors (Lipinski definition) is 5. The number of nitro benzene ring substituents is 1. The highest BCUT2D eigenvalue weighted by Crippen LogP contribution is 2.32. The Morgan fingerprint density at radius 2 is 2.28 bits per heavy atom. The smallest absolute Gasteiger partial charge is 0.282 e. The summed E-state index contributed by atoms with van der Waals surface area (Å²) >= 11 is 0. The van der Waals surface area contributed by atoms with Gasteiger partial charge in [-0.15, -0.1) is 0 Å². The number of nitro groups is 1.